The second-order valence-electron chi connectivity index (χ2n) is 5.14. The highest BCUT2D eigenvalue weighted by Crippen LogP contribution is 2.38. The van der Waals surface area contributed by atoms with Crippen molar-refractivity contribution in [1.29, 1.82) is 0 Å². The predicted octanol–water partition coefficient (Wildman–Crippen LogP) is 2.50. The first-order valence-electron chi connectivity index (χ1n) is 6.72. The van der Waals surface area contributed by atoms with E-state index in [-0.39, 0.29) is 18.8 Å². The lowest BCUT2D eigenvalue weighted by molar-refractivity contribution is -0.0837. The van der Waals surface area contributed by atoms with Crippen LogP contribution in [0.15, 0.2) is 28.8 Å². The molecular formula is C14H14F3N3O. The minimum absolute atomic E-state index is 0.126. The number of aromatic nitrogens is 2. The maximum Gasteiger partial charge on any atom is 0.329 e. The predicted molar refractivity (Wildman–Crippen MR) is 68.4 cm³/mol. The molecule has 1 unspecified atom stereocenters. The Kier molecular flexibility index (Phi) is 3.67. The Morgan fingerprint density at radius 3 is 2.95 bits per heavy atom. The van der Waals surface area contributed by atoms with Gasteiger partial charge in [0, 0.05) is 18.9 Å². The number of hydrogen-bond acceptors (Lipinski definition) is 4. The molecule has 1 N–H and O–H groups in total. The summed E-state index contributed by atoms with van der Waals surface area (Å²) in [6.45, 7) is 0.791. The van der Waals surface area contributed by atoms with Gasteiger partial charge in [-0.05, 0) is 30.7 Å². The lowest BCUT2D eigenvalue weighted by Gasteiger charge is -2.17. The van der Waals surface area contributed by atoms with Crippen LogP contribution in [0, 0.1) is 11.7 Å². The second-order valence-corrected chi connectivity index (χ2v) is 5.14. The van der Waals surface area contributed by atoms with Gasteiger partial charge in [0.15, 0.2) is 5.82 Å². The van der Waals surface area contributed by atoms with Gasteiger partial charge in [-0.2, -0.15) is 13.8 Å². The molecule has 1 fully saturated rings. The van der Waals surface area contributed by atoms with E-state index in [0.717, 1.165) is 0 Å². The summed E-state index contributed by atoms with van der Waals surface area (Å²) in [6, 6.07) is 5.85. The van der Waals surface area contributed by atoms with Gasteiger partial charge >= 0.3 is 5.92 Å². The van der Waals surface area contributed by atoms with Gasteiger partial charge in [0.25, 0.3) is 5.89 Å². The van der Waals surface area contributed by atoms with E-state index in [9.17, 15) is 13.2 Å². The van der Waals surface area contributed by atoms with Crippen LogP contribution in [-0.2, 0) is 12.3 Å². The number of alkyl halides is 2. The van der Waals surface area contributed by atoms with Crippen LogP contribution in [-0.4, -0.2) is 23.2 Å². The Hall–Kier alpha value is -1.89. The molecule has 21 heavy (non-hydrogen) atoms. The molecule has 0 spiro atoms. The van der Waals surface area contributed by atoms with Crippen LogP contribution < -0.4 is 5.32 Å². The lowest BCUT2D eigenvalue weighted by atomic mass is 10.0. The molecule has 3 rings (SSSR count). The number of halogens is 3. The monoisotopic (exact) mass is 297 g/mol. The Morgan fingerprint density at radius 2 is 2.24 bits per heavy atom. The lowest BCUT2D eigenvalue weighted by Crippen LogP contribution is -2.28. The quantitative estimate of drug-likeness (QED) is 0.942. The van der Waals surface area contributed by atoms with Gasteiger partial charge in [0.2, 0.25) is 0 Å². The van der Waals surface area contributed by atoms with Crippen LogP contribution in [0.25, 0.3) is 0 Å². The van der Waals surface area contributed by atoms with Gasteiger partial charge in [0.05, 0.1) is 0 Å². The molecule has 7 heteroatoms. The van der Waals surface area contributed by atoms with Gasteiger partial charge in [-0.3, -0.25) is 0 Å². The third-order valence-electron chi connectivity index (χ3n) is 3.58. The molecule has 112 valence electrons. The smallest absolute Gasteiger partial charge is 0.329 e. The zero-order valence-corrected chi connectivity index (χ0v) is 11.2. The van der Waals surface area contributed by atoms with Crippen LogP contribution >= 0.6 is 0 Å². The highest BCUT2D eigenvalue weighted by Gasteiger charge is 2.47. The van der Waals surface area contributed by atoms with E-state index in [1.807, 2.05) is 0 Å². The molecule has 2 aromatic rings. The van der Waals surface area contributed by atoms with Crippen LogP contribution in [0.4, 0.5) is 13.2 Å². The van der Waals surface area contributed by atoms with Gasteiger partial charge in [0.1, 0.15) is 5.82 Å². The fraction of sp³-hybridized carbons (Fsp3) is 0.429. The Bertz CT molecular complexity index is 623. The minimum Gasteiger partial charge on any atom is -0.333 e. The van der Waals surface area contributed by atoms with Crippen LogP contribution in [0.3, 0.4) is 0 Å². The summed E-state index contributed by atoms with van der Waals surface area (Å²) >= 11 is 0. The number of rotatable bonds is 4. The Labute approximate surface area is 119 Å². The van der Waals surface area contributed by atoms with Crippen molar-refractivity contribution in [3.05, 3.63) is 47.4 Å². The zero-order chi connectivity index (χ0) is 14.9. The van der Waals surface area contributed by atoms with Gasteiger partial charge < -0.3 is 9.84 Å². The topological polar surface area (TPSA) is 51.0 Å². The van der Waals surface area contributed by atoms with Crippen LogP contribution in [0.1, 0.15) is 23.7 Å². The molecule has 0 amide bonds. The normalized spacial score (nSPS) is 19.1. The summed E-state index contributed by atoms with van der Waals surface area (Å²) in [6.07, 6.45) is 0.523. The summed E-state index contributed by atoms with van der Waals surface area (Å²) in [5.74, 6) is -4.90. The van der Waals surface area contributed by atoms with E-state index in [4.69, 9.17) is 4.52 Å². The maximum atomic E-state index is 14.2. The number of hydrogen-bond donors (Lipinski definition) is 1. The Morgan fingerprint density at radius 1 is 1.38 bits per heavy atom. The van der Waals surface area contributed by atoms with Gasteiger partial charge in [-0.25, -0.2) is 4.39 Å². The van der Waals surface area contributed by atoms with Crippen molar-refractivity contribution < 1.29 is 17.7 Å². The van der Waals surface area contributed by atoms with Crippen LogP contribution in [0.2, 0.25) is 0 Å². The van der Waals surface area contributed by atoms with E-state index in [2.05, 4.69) is 15.5 Å². The van der Waals surface area contributed by atoms with Crippen molar-refractivity contribution >= 4 is 0 Å². The van der Waals surface area contributed by atoms with Crippen molar-refractivity contribution in [3.8, 4) is 0 Å². The molecule has 1 atom stereocenters. The molecule has 1 aromatic heterocycles. The largest absolute Gasteiger partial charge is 0.333 e. The molecular weight excluding hydrogens is 283 g/mol. The number of nitrogens with zero attached hydrogens (tertiary/aromatic N) is 2. The molecule has 0 aliphatic carbocycles. The Balaban J connectivity index is 1.76. The highest BCUT2D eigenvalue weighted by atomic mass is 19.3. The fourth-order valence-electron chi connectivity index (χ4n) is 2.43. The number of benzene rings is 1. The number of nitrogens with one attached hydrogen (secondary N) is 1. The average molecular weight is 297 g/mol. The van der Waals surface area contributed by atoms with Crippen molar-refractivity contribution in [2.24, 2.45) is 5.92 Å². The molecule has 2 heterocycles. The molecule has 1 aliphatic rings. The van der Waals surface area contributed by atoms with Crippen molar-refractivity contribution in [1.82, 2.24) is 15.5 Å². The van der Waals surface area contributed by atoms with E-state index in [0.29, 0.717) is 18.5 Å². The molecule has 0 radical (unpaired) electrons. The SMILES string of the molecule is Fc1cccc(Cc2noc(C(F)(F)C3CCNC3)n2)c1. The molecule has 1 aromatic carbocycles. The summed E-state index contributed by atoms with van der Waals surface area (Å²) in [5.41, 5.74) is 0.605. The van der Waals surface area contributed by atoms with E-state index in [1.165, 1.54) is 12.1 Å². The zero-order valence-electron chi connectivity index (χ0n) is 11.2. The van der Waals surface area contributed by atoms with E-state index in [1.54, 1.807) is 12.1 Å². The summed E-state index contributed by atoms with van der Waals surface area (Å²) in [5, 5.41) is 6.46. The highest BCUT2D eigenvalue weighted by molar-refractivity contribution is 5.20. The van der Waals surface area contributed by atoms with E-state index >= 15 is 0 Å². The summed E-state index contributed by atoms with van der Waals surface area (Å²) in [4.78, 5) is 3.77. The van der Waals surface area contributed by atoms with Crippen molar-refractivity contribution in [2.45, 2.75) is 18.8 Å². The van der Waals surface area contributed by atoms with Crippen LogP contribution in [0.5, 0.6) is 0 Å². The standard InChI is InChI=1S/C14H14F3N3O/c15-11-3-1-2-9(6-11)7-12-19-13(21-20-12)14(16,17)10-4-5-18-8-10/h1-3,6,10,18H,4-5,7-8H2. The third kappa shape index (κ3) is 2.92. The van der Waals surface area contributed by atoms with Gasteiger partial charge in [-0.15, -0.1) is 0 Å². The molecule has 1 aliphatic heterocycles. The van der Waals surface area contributed by atoms with Crippen molar-refractivity contribution in [3.63, 3.8) is 0 Å². The minimum atomic E-state index is -3.14. The third-order valence-corrected chi connectivity index (χ3v) is 3.58. The molecule has 0 saturated carbocycles. The van der Waals surface area contributed by atoms with E-state index < -0.39 is 23.5 Å². The summed E-state index contributed by atoms with van der Waals surface area (Å²) in [7, 11) is 0. The molecule has 1 saturated heterocycles. The second kappa shape index (κ2) is 5.48. The summed E-state index contributed by atoms with van der Waals surface area (Å²) < 4.78 is 46.2. The first kappa shape index (κ1) is 14.1. The van der Waals surface area contributed by atoms with Crippen molar-refractivity contribution in [2.75, 3.05) is 13.1 Å². The first-order valence-corrected chi connectivity index (χ1v) is 6.72. The first-order chi connectivity index (χ1) is 10.1. The van der Waals surface area contributed by atoms with Gasteiger partial charge in [-0.1, -0.05) is 17.3 Å². The fourth-order valence-corrected chi connectivity index (χ4v) is 2.43. The maximum absolute atomic E-state index is 14.2. The average Bonchev–Trinajstić information content (AvgIpc) is 3.10. The molecule has 0 bridgehead atoms. The molecule has 4 nitrogen and oxygen atoms in total.